The monoisotopic (exact) mass is 420 g/mol. The van der Waals surface area contributed by atoms with E-state index in [1.54, 1.807) is 42.5 Å². The third kappa shape index (κ3) is 3.22. The first-order valence-electron chi connectivity index (χ1n) is 9.41. The van der Waals surface area contributed by atoms with E-state index in [9.17, 15) is 9.59 Å². The van der Waals surface area contributed by atoms with E-state index in [1.165, 1.54) is 25.9 Å². The van der Waals surface area contributed by atoms with E-state index in [4.69, 9.17) is 18.6 Å². The molecule has 4 rings (SSSR count). The van der Waals surface area contributed by atoms with E-state index in [2.05, 4.69) is 11.6 Å². The number of para-hydroxylation sites is 1. The van der Waals surface area contributed by atoms with E-state index in [0.717, 1.165) is 0 Å². The van der Waals surface area contributed by atoms with Crippen LogP contribution < -0.4 is 25.2 Å². The lowest BCUT2D eigenvalue weighted by Crippen LogP contribution is -2.27. The van der Waals surface area contributed by atoms with Gasteiger partial charge in [-0.2, -0.15) is 4.98 Å². The summed E-state index contributed by atoms with van der Waals surface area (Å²) >= 11 is 0. The topological polar surface area (TPSA) is 92.8 Å². The normalized spacial score (nSPS) is 10.9. The Balaban J connectivity index is 2.12. The summed E-state index contributed by atoms with van der Waals surface area (Å²) in [6, 6.07) is 10.1. The third-order valence-corrected chi connectivity index (χ3v) is 4.94. The third-order valence-electron chi connectivity index (χ3n) is 4.94. The number of allylic oxidation sites excluding steroid dienone is 1. The predicted molar refractivity (Wildman–Crippen MR) is 117 cm³/mol. The van der Waals surface area contributed by atoms with Crippen molar-refractivity contribution in [2.24, 2.45) is 0 Å². The summed E-state index contributed by atoms with van der Waals surface area (Å²) in [6.07, 6.45) is 1.55. The number of nitrogens with zero attached hydrogens (tertiary/aromatic N) is 2. The largest absolute Gasteiger partial charge is 0.493 e. The second-order valence-electron chi connectivity index (χ2n) is 6.66. The zero-order chi connectivity index (χ0) is 22.1. The Morgan fingerprint density at radius 3 is 2.35 bits per heavy atom. The molecular formula is C23H20N2O6. The Labute approximate surface area is 176 Å². The summed E-state index contributed by atoms with van der Waals surface area (Å²) < 4.78 is 23.4. The fourth-order valence-corrected chi connectivity index (χ4v) is 3.51. The molecule has 4 aromatic rings. The van der Waals surface area contributed by atoms with Gasteiger partial charge in [-0.25, -0.2) is 0 Å². The lowest BCUT2D eigenvalue weighted by atomic mass is 10.1. The molecule has 0 fully saturated rings. The van der Waals surface area contributed by atoms with Crippen molar-refractivity contribution >= 4 is 22.1 Å². The second kappa shape index (κ2) is 7.98. The Bertz CT molecular complexity index is 1410. The molecule has 8 heteroatoms. The molecule has 0 saturated carbocycles. The van der Waals surface area contributed by atoms with Gasteiger partial charge in [0.15, 0.2) is 16.9 Å². The van der Waals surface area contributed by atoms with Crippen molar-refractivity contribution in [3.05, 3.63) is 69.6 Å². The Morgan fingerprint density at radius 1 is 1.06 bits per heavy atom. The summed E-state index contributed by atoms with van der Waals surface area (Å²) in [6.45, 7) is 3.86. The average Bonchev–Trinajstić information content (AvgIpc) is 2.79. The maximum absolute atomic E-state index is 13.3. The molecule has 0 unspecified atom stereocenters. The SMILES string of the molecule is C=CCn1c(-c2cc(OC)c(OC)c(OC)c2)nc2oc3ccccc3c(=O)c2c1=O. The molecule has 0 atom stereocenters. The van der Waals surface area contributed by atoms with E-state index in [-0.39, 0.29) is 23.5 Å². The van der Waals surface area contributed by atoms with Gasteiger partial charge in [-0.1, -0.05) is 18.2 Å². The Morgan fingerprint density at radius 2 is 1.74 bits per heavy atom. The number of rotatable bonds is 6. The Kier molecular flexibility index (Phi) is 5.21. The Hall–Kier alpha value is -4.07. The lowest BCUT2D eigenvalue weighted by Gasteiger charge is -2.16. The summed E-state index contributed by atoms with van der Waals surface area (Å²) in [4.78, 5) is 30.9. The van der Waals surface area contributed by atoms with Gasteiger partial charge in [-0.15, -0.1) is 6.58 Å². The van der Waals surface area contributed by atoms with Crippen LogP contribution in [0.1, 0.15) is 0 Å². The molecule has 0 radical (unpaired) electrons. The van der Waals surface area contributed by atoms with Crippen molar-refractivity contribution in [2.75, 3.05) is 21.3 Å². The van der Waals surface area contributed by atoms with Crippen molar-refractivity contribution in [3.63, 3.8) is 0 Å². The van der Waals surface area contributed by atoms with Gasteiger partial charge in [0, 0.05) is 12.1 Å². The molecule has 0 N–H and O–H groups in total. The highest BCUT2D eigenvalue weighted by Crippen LogP contribution is 2.40. The first-order valence-corrected chi connectivity index (χ1v) is 9.41. The number of aromatic nitrogens is 2. The van der Waals surface area contributed by atoms with E-state index >= 15 is 0 Å². The molecular weight excluding hydrogens is 400 g/mol. The highest BCUT2D eigenvalue weighted by molar-refractivity contribution is 5.88. The summed E-state index contributed by atoms with van der Waals surface area (Å²) in [5, 5.41) is 0.205. The molecule has 2 aromatic carbocycles. The minimum absolute atomic E-state index is 0.0437. The van der Waals surface area contributed by atoms with Crippen LogP contribution in [-0.2, 0) is 6.54 Å². The second-order valence-corrected chi connectivity index (χ2v) is 6.66. The molecule has 8 nitrogen and oxygen atoms in total. The van der Waals surface area contributed by atoms with Gasteiger partial charge in [-0.05, 0) is 24.3 Å². The van der Waals surface area contributed by atoms with E-state index in [1.807, 2.05) is 0 Å². The first-order chi connectivity index (χ1) is 15.0. The number of methoxy groups -OCH3 is 3. The molecule has 31 heavy (non-hydrogen) atoms. The minimum atomic E-state index is -0.520. The molecule has 0 saturated heterocycles. The van der Waals surface area contributed by atoms with Crippen molar-refractivity contribution < 1.29 is 18.6 Å². The molecule has 0 aliphatic carbocycles. The van der Waals surface area contributed by atoms with Gasteiger partial charge >= 0.3 is 0 Å². The van der Waals surface area contributed by atoms with Gasteiger partial charge in [0.1, 0.15) is 11.4 Å². The number of benzene rings is 2. The van der Waals surface area contributed by atoms with Gasteiger partial charge in [-0.3, -0.25) is 14.2 Å². The molecule has 2 heterocycles. The quantitative estimate of drug-likeness (QED) is 0.349. The highest BCUT2D eigenvalue weighted by atomic mass is 16.5. The van der Waals surface area contributed by atoms with Crippen LogP contribution in [0, 0.1) is 0 Å². The van der Waals surface area contributed by atoms with E-state index in [0.29, 0.717) is 33.8 Å². The fraction of sp³-hybridized carbons (Fsp3) is 0.174. The number of fused-ring (bicyclic) bond motifs is 2. The molecule has 158 valence electrons. The number of hydrogen-bond donors (Lipinski definition) is 0. The fourth-order valence-electron chi connectivity index (χ4n) is 3.51. The van der Waals surface area contributed by atoms with Crippen LogP contribution in [0.25, 0.3) is 33.5 Å². The zero-order valence-corrected chi connectivity index (χ0v) is 17.3. The first kappa shape index (κ1) is 20.2. The molecule has 2 aromatic heterocycles. The molecule has 0 aliphatic rings. The predicted octanol–water partition coefficient (Wildman–Crippen LogP) is 3.38. The summed E-state index contributed by atoms with van der Waals surface area (Å²) in [5.41, 5.74) is -0.120. The maximum Gasteiger partial charge on any atom is 0.269 e. The van der Waals surface area contributed by atoms with Crippen LogP contribution in [0.4, 0.5) is 0 Å². The van der Waals surface area contributed by atoms with Crippen LogP contribution in [0.5, 0.6) is 17.2 Å². The average molecular weight is 420 g/mol. The van der Waals surface area contributed by atoms with Crippen LogP contribution in [0.3, 0.4) is 0 Å². The molecule has 0 spiro atoms. The van der Waals surface area contributed by atoms with Gasteiger partial charge in [0.05, 0.1) is 26.7 Å². The van der Waals surface area contributed by atoms with Crippen LogP contribution in [0.2, 0.25) is 0 Å². The van der Waals surface area contributed by atoms with Crippen molar-refractivity contribution in [1.82, 2.24) is 9.55 Å². The zero-order valence-electron chi connectivity index (χ0n) is 17.3. The molecule has 0 amide bonds. The highest BCUT2D eigenvalue weighted by Gasteiger charge is 2.21. The van der Waals surface area contributed by atoms with Crippen LogP contribution >= 0.6 is 0 Å². The number of ether oxygens (including phenoxy) is 3. The van der Waals surface area contributed by atoms with Gasteiger partial charge < -0.3 is 18.6 Å². The standard InChI is InChI=1S/C23H20N2O6/c1-5-10-25-21(13-11-16(28-2)20(30-4)17(12-13)29-3)24-22-18(23(25)27)19(26)14-8-6-7-9-15(14)31-22/h5-9,11-12H,1,10H2,2-4H3. The number of hydrogen-bond acceptors (Lipinski definition) is 7. The van der Waals surface area contributed by atoms with Crippen molar-refractivity contribution in [1.29, 1.82) is 0 Å². The molecule has 0 bridgehead atoms. The minimum Gasteiger partial charge on any atom is -0.493 e. The van der Waals surface area contributed by atoms with Gasteiger partial charge in [0.25, 0.3) is 5.56 Å². The van der Waals surface area contributed by atoms with Crippen LogP contribution in [-0.4, -0.2) is 30.9 Å². The molecule has 0 aliphatic heterocycles. The maximum atomic E-state index is 13.3. The smallest absolute Gasteiger partial charge is 0.269 e. The summed E-state index contributed by atoms with van der Waals surface area (Å²) in [7, 11) is 4.50. The lowest BCUT2D eigenvalue weighted by molar-refractivity contribution is 0.324. The van der Waals surface area contributed by atoms with Crippen LogP contribution in [0.15, 0.2) is 63.1 Å². The van der Waals surface area contributed by atoms with Crippen molar-refractivity contribution in [2.45, 2.75) is 6.54 Å². The van der Waals surface area contributed by atoms with Crippen molar-refractivity contribution in [3.8, 4) is 28.6 Å². The summed E-state index contributed by atoms with van der Waals surface area (Å²) in [5.74, 6) is 1.48. The van der Waals surface area contributed by atoms with E-state index < -0.39 is 11.0 Å². The van der Waals surface area contributed by atoms with Gasteiger partial charge in [0.2, 0.25) is 16.9 Å².